The van der Waals surface area contributed by atoms with Gasteiger partial charge in [0.1, 0.15) is 0 Å². The second kappa shape index (κ2) is 8.08. The first-order valence-corrected chi connectivity index (χ1v) is 7.29. The standard InChI is InChI=1S/C14H30N2/c1-4-7-9-13(5-2)15-12-14-10-8-11-16(14)6-3/h13-15H,4-12H2,1-3H3. The molecule has 1 aliphatic rings. The lowest BCUT2D eigenvalue weighted by Crippen LogP contribution is -2.41. The average Bonchev–Trinajstić information content (AvgIpc) is 2.77. The molecular weight excluding hydrogens is 196 g/mol. The molecule has 96 valence electrons. The summed E-state index contributed by atoms with van der Waals surface area (Å²) in [6.45, 7) is 10.6. The number of hydrogen-bond donors (Lipinski definition) is 1. The predicted molar refractivity (Wildman–Crippen MR) is 71.9 cm³/mol. The van der Waals surface area contributed by atoms with Crippen molar-refractivity contribution in [2.45, 2.75) is 71.4 Å². The van der Waals surface area contributed by atoms with E-state index in [2.05, 4.69) is 31.0 Å². The van der Waals surface area contributed by atoms with Crippen molar-refractivity contribution >= 4 is 0 Å². The fourth-order valence-corrected chi connectivity index (χ4v) is 2.75. The minimum atomic E-state index is 0.749. The van der Waals surface area contributed by atoms with Crippen LogP contribution in [0.1, 0.15) is 59.3 Å². The number of unbranched alkanes of at least 4 members (excludes halogenated alkanes) is 1. The van der Waals surface area contributed by atoms with Crippen LogP contribution in [0, 0.1) is 0 Å². The van der Waals surface area contributed by atoms with Gasteiger partial charge in [0.05, 0.1) is 0 Å². The minimum absolute atomic E-state index is 0.749. The van der Waals surface area contributed by atoms with Crippen LogP contribution < -0.4 is 5.32 Å². The van der Waals surface area contributed by atoms with E-state index >= 15 is 0 Å². The molecule has 0 saturated carbocycles. The van der Waals surface area contributed by atoms with Crippen molar-refractivity contribution in [2.75, 3.05) is 19.6 Å². The molecule has 1 aliphatic heterocycles. The summed E-state index contributed by atoms with van der Waals surface area (Å²) in [5.74, 6) is 0. The van der Waals surface area contributed by atoms with Gasteiger partial charge in [0.2, 0.25) is 0 Å². The van der Waals surface area contributed by atoms with Crippen molar-refractivity contribution in [1.82, 2.24) is 10.2 Å². The smallest absolute Gasteiger partial charge is 0.0221 e. The molecule has 0 aromatic rings. The fraction of sp³-hybridized carbons (Fsp3) is 1.00. The fourth-order valence-electron chi connectivity index (χ4n) is 2.75. The molecule has 2 unspecified atom stereocenters. The topological polar surface area (TPSA) is 15.3 Å². The number of likely N-dealkylation sites (N-methyl/N-ethyl adjacent to an activating group) is 1. The molecule has 0 spiro atoms. The van der Waals surface area contributed by atoms with Crippen LogP contribution in [0.3, 0.4) is 0 Å². The van der Waals surface area contributed by atoms with Gasteiger partial charge in [-0.05, 0) is 38.8 Å². The monoisotopic (exact) mass is 226 g/mol. The summed E-state index contributed by atoms with van der Waals surface area (Å²) >= 11 is 0. The van der Waals surface area contributed by atoms with Gasteiger partial charge in [-0.15, -0.1) is 0 Å². The third-order valence-electron chi connectivity index (χ3n) is 3.95. The molecule has 0 amide bonds. The lowest BCUT2D eigenvalue weighted by atomic mass is 10.1. The van der Waals surface area contributed by atoms with Crippen LogP contribution in [-0.4, -0.2) is 36.6 Å². The van der Waals surface area contributed by atoms with Crippen molar-refractivity contribution in [3.8, 4) is 0 Å². The van der Waals surface area contributed by atoms with E-state index in [1.165, 1.54) is 58.2 Å². The maximum Gasteiger partial charge on any atom is 0.0221 e. The van der Waals surface area contributed by atoms with Crippen LogP contribution in [0.25, 0.3) is 0 Å². The van der Waals surface area contributed by atoms with E-state index in [1.807, 2.05) is 0 Å². The molecular formula is C14H30N2. The highest BCUT2D eigenvalue weighted by atomic mass is 15.2. The number of hydrogen-bond acceptors (Lipinski definition) is 2. The lowest BCUT2D eigenvalue weighted by molar-refractivity contribution is 0.250. The Bertz CT molecular complexity index is 170. The maximum atomic E-state index is 3.77. The minimum Gasteiger partial charge on any atom is -0.312 e. The van der Waals surface area contributed by atoms with E-state index in [4.69, 9.17) is 0 Å². The Morgan fingerprint density at radius 2 is 2.12 bits per heavy atom. The Morgan fingerprint density at radius 3 is 2.75 bits per heavy atom. The second-order valence-corrected chi connectivity index (χ2v) is 5.08. The molecule has 1 rings (SSSR count). The van der Waals surface area contributed by atoms with E-state index in [0.29, 0.717) is 0 Å². The van der Waals surface area contributed by atoms with Crippen LogP contribution in [-0.2, 0) is 0 Å². The van der Waals surface area contributed by atoms with Crippen LogP contribution in [0.15, 0.2) is 0 Å². The Morgan fingerprint density at radius 1 is 1.31 bits per heavy atom. The highest BCUT2D eigenvalue weighted by molar-refractivity contribution is 4.81. The van der Waals surface area contributed by atoms with Gasteiger partial charge in [0, 0.05) is 18.6 Å². The first-order valence-electron chi connectivity index (χ1n) is 7.29. The first-order chi connectivity index (χ1) is 7.81. The van der Waals surface area contributed by atoms with Crippen molar-refractivity contribution in [3.05, 3.63) is 0 Å². The van der Waals surface area contributed by atoms with Gasteiger partial charge < -0.3 is 5.32 Å². The Balaban J connectivity index is 2.20. The number of nitrogens with one attached hydrogen (secondary N) is 1. The molecule has 16 heavy (non-hydrogen) atoms. The van der Waals surface area contributed by atoms with Crippen LogP contribution in [0.4, 0.5) is 0 Å². The maximum absolute atomic E-state index is 3.77. The third kappa shape index (κ3) is 4.42. The summed E-state index contributed by atoms with van der Waals surface area (Å²) in [5.41, 5.74) is 0. The lowest BCUT2D eigenvalue weighted by Gasteiger charge is -2.25. The molecule has 1 fully saturated rings. The van der Waals surface area contributed by atoms with Gasteiger partial charge in [-0.3, -0.25) is 4.90 Å². The zero-order chi connectivity index (χ0) is 11.8. The SMILES string of the molecule is CCCCC(CC)NCC1CCCN1CC. The molecule has 2 heteroatoms. The summed E-state index contributed by atoms with van der Waals surface area (Å²) in [4.78, 5) is 2.62. The molecule has 0 bridgehead atoms. The summed E-state index contributed by atoms with van der Waals surface area (Å²) in [7, 11) is 0. The molecule has 0 aromatic heterocycles. The van der Waals surface area contributed by atoms with Gasteiger partial charge in [-0.2, -0.15) is 0 Å². The highest BCUT2D eigenvalue weighted by Crippen LogP contribution is 2.16. The number of nitrogens with zero attached hydrogens (tertiary/aromatic N) is 1. The Labute approximate surface area is 102 Å². The van der Waals surface area contributed by atoms with Gasteiger partial charge in [-0.1, -0.05) is 33.6 Å². The zero-order valence-corrected chi connectivity index (χ0v) is 11.5. The van der Waals surface area contributed by atoms with Crippen molar-refractivity contribution in [1.29, 1.82) is 0 Å². The van der Waals surface area contributed by atoms with Crippen molar-refractivity contribution < 1.29 is 0 Å². The van der Waals surface area contributed by atoms with E-state index in [9.17, 15) is 0 Å². The average molecular weight is 226 g/mol. The van der Waals surface area contributed by atoms with Gasteiger partial charge >= 0.3 is 0 Å². The van der Waals surface area contributed by atoms with E-state index < -0.39 is 0 Å². The van der Waals surface area contributed by atoms with Crippen LogP contribution in [0.2, 0.25) is 0 Å². The Hall–Kier alpha value is -0.0800. The number of rotatable bonds is 8. The molecule has 1 saturated heterocycles. The van der Waals surface area contributed by atoms with E-state index in [-0.39, 0.29) is 0 Å². The van der Waals surface area contributed by atoms with Gasteiger partial charge in [0.25, 0.3) is 0 Å². The third-order valence-corrected chi connectivity index (χ3v) is 3.95. The van der Waals surface area contributed by atoms with Gasteiger partial charge in [0.15, 0.2) is 0 Å². The molecule has 2 atom stereocenters. The van der Waals surface area contributed by atoms with Gasteiger partial charge in [-0.25, -0.2) is 0 Å². The first kappa shape index (κ1) is 14.0. The van der Waals surface area contributed by atoms with E-state index in [0.717, 1.165) is 12.1 Å². The van der Waals surface area contributed by atoms with Crippen molar-refractivity contribution in [3.63, 3.8) is 0 Å². The molecule has 0 radical (unpaired) electrons. The quantitative estimate of drug-likeness (QED) is 0.684. The molecule has 0 aliphatic carbocycles. The summed E-state index contributed by atoms with van der Waals surface area (Å²) in [6, 6.07) is 1.56. The number of likely N-dealkylation sites (tertiary alicyclic amines) is 1. The van der Waals surface area contributed by atoms with Crippen LogP contribution in [0.5, 0.6) is 0 Å². The molecule has 1 heterocycles. The highest BCUT2D eigenvalue weighted by Gasteiger charge is 2.22. The predicted octanol–water partition coefficient (Wildman–Crippen LogP) is 3.03. The summed E-state index contributed by atoms with van der Waals surface area (Å²) in [5, 5.41) is 3.77. The van der Waals surface area contributed by atoms with Crippen LogP contribution >= 0.6 is 0 Å². The van der Waals surface area contributed by atoms with E-state index in [1.54, 1.807) is 0 Å². The summed E-state index contributed by atoms with van der Waals surface area (Å²) in [6.07, 6.45) is 8.11. The molecule has 0 aromatic carbocycles. The molecule has 2 nitrogen and oxygen atoms in total. The van der Waals surface area contributed by atoms with Crippen molar-refractivity contribution in [2.24, 2.45) is 0 Å². The normalized spacial score (nSPS) is 23.8. The largest absolute Gasteiger partial charge is 0.312 e. The summed E-state index contributed by atoms with van der Waals surface area (Å²) < 4.78 is 0. The Kier molecular flexibility index (Phi) is 7.06. The molecule has 1 N–H and O–H groups in total. The second-order valence-electron chi connectivity index (χ2n) is 5.08. The zero-order valence-electron chi connectivity index (χ0n) is 11.5.